The minimum atomic E-state index is 1.00. The minimum Gasteiger partial charge on any atom is -0.400 e. The van der Waals surface area contributed by atoms with Crippen molar-refractivity contribution in [3.8, 4) is 0 Å². The van der Waals surface area contributed by atoms with Gasteiger partial charge in [-0.15, -0.1) is 0 Å². The van der Waals surface area contributed by atoms with E-state index in [-0.39, 0.29) is 0 Å². The fourth-order valence-electron chi connectivity index (χ4n) is 0.0625. The Balaban J connectivity index is 0. The Hall–Kier alpha value is -0.960. The Morgan fingerprint density at radius 2 is 1.43 bits per heavy atom. The molecule has 0 aliphatic heterocycles. The quantitative estimate of drug-likeness (QED) is 0.444. The van der Waals surface area contributed by atoms with Gasteiger partial charge >= 0.3 is 0 Å². The lowest BCUT2D eigenvalue weighted by molar-refractivity contribution is 0.399. The number of hydrogen-bond donors (Lipinski definition) is 1. The summed E-state index contributed by atoms with van der Waals surface area (Å²) in [4.78, 5) is 0. The van der Waals surface area contributed by atoms with E-state index in [9.17, 15) is 0 Å². The van der Waals surface area contributed by atoms with Gasteiger partial charge in [0.25, 0.3) is 0 Å². The molecule has 0 saturated heterocycles. The molecule has 0 aromatic carbocycles. The van der Waals surface area contributed by atoms with Gasteiger partial charge < -0.3 is 5.11 Å². The molecular formula is C6H8O. The second-order valence-corrected chi connectivity index (χ2v) is 0.479. The lowest BCUT2D eigenvalue weighted by atomic mass is 10.8. The molecule has 0 amide bonds. The normalized spacial score (nSPS) is 3.14. The van der Waals surface area contributed by atoms with Crippen LogP contribution in [-0.4, -0.2) is 12.2 Å². The van der Waals surface area contributed by atoms with Gasteiger partial charge in [-0.25, -0.2) is 0 Å². The highest BCUT2D eigenvalue weighted by atomic mass is 16.2. The van der Waals surface area contributed by atoms with Crippen molar-refractivity contribution in [2.45, 2.75) is 0 Å². The van der Waals surface area contributed by atoms with Gasteiger partial charge in [0.1, 0.15) is 0 Å². The summed E-state index contributed by atoms with van der Waals surface area (Å²) >= 11 is 0. The van der Waals surface area contributed by atoms with Crippen LogP contribution in [0.15, 0.2) is 30.4 Å². The average molecular weight is 96.1 g/mol. The topological polar surface area (TPSA) is 20.2 Å². The van der Waals surface area contributed by atoms with Crippen LogP contribution >= 0.6 is 0 Å². The summed E-state index contributed by atoms with van der Waals surface area (Å²) < 4.78 is 0. The van der Waals surface area contributed by atoms with Crippen molar-refractivity contribution in [3.05, 3.63) is 30.4 Å². The van der Waals surface area contributed by atoms with Crippen LogP contribution in [0.2, 0.25) is 0 Å². The SMILES string of the molecule is C=C=C=C=C.CO. The first-order valence-electron chi connectivity index (χ1n) is 1.65. The standard InChI is InChI=1S/C5H4.CH4O/c1-3-5-4-2;1-2/h1-2H2;2H,1H3. The number of rotatable bonds is 0. The number of aliphatic hydroxyl groups is 1. The van der Waals surface area contributed by atoms with Crippen molar-refractivity contribution in [1.29, 1.82) is 0 Å². The van der Waals surface area contributed by atoms with Gasteiger partial charge in [0.15, 0.2) is 0 Å². The summed E-state index contributed by atoms with van der Waals surface area (Å²) in [6.45, 7) is 6.42. The molecule has 0 rings (SSSR count). The summed E-state index contributed by atoms with van der Waals surface area (Å²) in [5.41, 5.74) is 7.08. The van der Waals surface area contributed by atoms with Crippen molar-refractivity contribution < 1.29 is 5.11 Å². The molecule has 0 spiro atoms. The zero-order chi connectivity index (χ0) is 6.12. The van der Waals surface area contributed by atoms with E-state index in [0.717, 1.165) is 7.11 Å². The highest BCUT2D eigenvalue weighted by Crippen LogP contribution is 1.38. The van der Waals surface area contributed by atoms with Crippen molar-refractivity contribution in [1.82, 2.24) is 0 Å². The average Bonchev–Trinajstić information content (AvgIpc) is 1.75. The summed E-state index contributed by atoms with van der Waals surface area (Å²) in [6, 6.07) is 0. The van der Waals surface area contributed by atoms with Crippen LogP contribution < -0.4 is 0 Å². The van der Waals surface area contributed by atoms with Crippen LogP contribution in [0.1, 0.15) is 0 Å². The second kappa shape index (κ2) is 19.8. The van der Waals surface area contributed by atoms with Gasteiger partial charge in [0, 0.05) is 7.11 Å². The predicted molar refractivity (Wildman–Crippen MR) is 29.9 cm³/mol. The predicted octanol–water partition coefficient (Wildman–Crippen LogP) is 0.876. The molecule has 1 N–H and O–H groups in total. The van der Waals surface area contributed by atoms with Crippen molar-refractivity contribution >= 4 is 0 Å². The van der Waals surface area contributed by atoms with E-state index < -0.39 is 0 Å². The molecule has 0 aliphatic carbocycles. The van der Waals surface area contributed by atoms with Crippen LogP contribution in [0.5, 0.6) is 0 Å². The zero-order valence-corrected chi connectivity index (χ0v) is 4.36. The maximum Gasteiger partial charge on any atom is 0.0319 e. The molecule has 0 aromatic rings. The molecular weight excluding hydrogens is 88.1 g/mol. The largest absolute Gasteiger partial charge is 0.400 e. The van der Waals surface area contributed by atoms with Crippen LogP contribution in [0.4, 0.5) is 0 Å². The third kappa shape index (κ3) is 43.1. The van der Waals surface area contributed by atoms with E-state index in [1.165, 1.54) is 0 Å². The molecule has 38 valence electrons. The molecule has 0 unspecified atom stereocenters. The molecule has 0 heterocycles. The monoisotopic (exact) mass is 96.1 g/mol. The van der Waals surface area contributed by atoms with E-state index >= 15 is 0 Å². The molecule has 0 aliphatic rings. The number of aliphatic hydroxyl groups excluding tert-OH is 1. The fraction of sp³-hybridized carbons (Fsp3) is 0.167. The Morgan fingerprint density at radius 1 is 1.14 bits per heavy atom. The van der Waals surface area contributed by atoms with E-state index in [0.29, 0.717) is 0 Å². The first-order chi connectivity index (χ1) is 3.41. The highest BCUT2D eigenvalue weighted by Gasteiger charge is 1.18. The van der Waals surface area contributed by atoms with Crippen molar-refractivity contribution in [3.63, 3.8) is 0 Å². The second-order valence-electron chi connectivity index (χ2n) is 0.479. The Labute approximate surface area is 43.6 Å². The smallest absolute Gasteiger partial charge is 0.0319 e. The lowest BCUT2D eigenvalue weighted by Crippen LogP contribution is -1.25. The van der Waals surface area contributed by atoms with Crippen LogP contribution in [0, 0.1) is 0 Å². The third-order valence-corrected chi connectivity index (χ3v) is 0.177. The molecule has 0 saturated carbocycles. The molecule has 0 fully saturated rings. The van der Waals surface area contributed by atoms with Gasteiger partial charge in [-0.1, -0.05) is 11.5 Å². The van der Waals surface area contributed by atoms with E-state index in [4.69, 9.17) is 5.11 Å². The number of hydrogen-bond acceptors (Lipinski definition) is 1. The molecule has 7 heavy (non-hydrogen) atoms. The summed E-state index contributed by atoms with van der Waals surface area (Å²) in [6.07, 6.45) is 0. The van der Waals surface area contributed by atoms with Gasteiger partial charge in [-0.2, -0.15) is 0 Å². The van der Waals surface area contributed by atoms with Crippen LogP contribution in [0.3, 0.4) is 0 Å². The Morgan fingerprint density at radius 3 is 1.43 bits per heavy atom. The summed E-state index contributed by atoms with van der Waals surface area (Å²) in [5, 5.41) is 7.00. The van der Waals surface area contributed by atoms with Crippen molar-refractivity contribution in [2.75, 3.05) is 7.11 Å². The summed E-state index contributed by atoms with van der Waals surface area (Å²) in [7, 11) is 1.00. The molecule has 0 aromatic heterocycles. The van der Waals surface area contributed by atoms with E-state index in [1.807, 2.05) is 0 Å². The van der Waals surface area contributed by atoms with Crippen LogP contribution in [0.25, 0.3) is 0 Å². The van der Waals surface area contributed by atoms with Gasteiger partial charge in [-0.05, 0) is 18.9 Å². The Bertz CT molecular complexity index is 96.1. The first-order valence-corrected chi connectivity index (χ1v) is 1.65. The third-order valence-electron chi connectivity index (χ3n) is 0.177. The highest BCUT2D eigenvalue weighted by molar-refractivity contribution is 4.74. The fourth-order valence-corrected chi connectivity index (χ4v) is 0.0625. The molecule has 0 atom stereocenters. The van der Waals surface area contributed by atoms with Crippen molar-refractivity contribution in [2.24, 2.45) is 0 Å². The zero-order valence-electron chi connectivity index (χ0n) is 4.36. The summed E-state index contributed by atoms with van der Waals surface area (Å²) in [5.74, 6) is 0. The maximum atomic E-state index is 7.00. The molecule has 0 bridgehead atoms. The minimum absolute atomic E-state index is 1.00. The van der Waals surface area contributed by atoms with Gasteiger partial charge in [0.05, 0.1) is 0 Å². The van der Waals surface area contributed by atoms with E-state index in [2.05, 4.69) is 30.4 Å². The van der Waals surface area contributed by atoms with E-state index in [1.54, 1.807) is 0 Å². The first kappa shape index (κ1) is 9.40. The van der Waals surface area contributed by atoms with Gasteiger partial charge in [-0.3, -0.25) is 0 Å². The molecule has 0 radical (unpaired) electrons. The molecule has 1 heteroatoms. The maximum absolute atomic E-state index is 7.00. The Kier molecular flexibility index (Phi) is 26.5. The molecule has 1 nitrogen and oxygen atoms in total. The van der Waals surface area contributed by atoms with Gasteiger partial charge in [0.2, 0.25) is 0 Å². The van der Waals surface area contributed by atoms with Crippen LogP contribution in [-0.2, 0) is 0 Å². The lowest BCUT2D eigenvalue weighted by Gasteiger charge is -1.27.